The zero-order valence-electron chi connectivity index (χ0n) is 17.9. The second-order valence-corrected chi connectivity index (χ2v) is 6.74. The van der Waals surface area contributed by atoms with Crippen LogP contribution in [0.2, 0.25) is 0 Å². The fourth-order valence-corrected chi connectivity index (χ4v) is 3.29. The molecule has 1 aromatic heterocycles. The Morgan fingerprint density at radius 3 is 2.57 bits per heavy atom. The summed E-state index contributed by atoms with van der Waals surface area (Å²) in [5.41, 5.74) is 3.38. The summed E-state index contributed by atoms with van der Waals surface area (Å²) in [4.78, 5) is 8.75. The zero-order chi connectivity index (χ0) is 21.2. The minimum atomic E-state index is 0.613. The van der Waals surface area contributed by atoms with Gasteiger partial charge in [0.15, 0.2) is 17.5 Å². The lowest BCUT2D eigenvalue weighted by molar-refractivity contribution is 0.287. The van der Waals surface area contributed by atoms with Crippen LogP contribution in [0.1, 0.15) is 25.0 Å². The molecule has 0 fully saturated rings. The van der Waals surface area contributed by atoms with Crippen molar-refractivity contribution in [3.8, 4) is 11.5 Å². The highest BCUT2D eigenvalue weighted by atomic mass is 16.5. The smallest absolute Gasteiger partial charge is 0.191 e. The first-order valence-corrected chi connectivity index (χ1v) is 10.4. The van der Waals surface area contributed by atoms with Gasteiger partial charge in [0.05, 0.1) is 18.7 Å². The number of hydrogen-bond donors (Lipinski definition) is 2. The maximum Gasteiger partial charge on any atom is 0.191 e. The van der Waals surface area contributed by atoms with Crippen LogP contribution in [-0.4, -0.2) is 37.7 Å². The first-order chi connectivity index (χ1) is 14.7. The van der Waals surface area contributed by atoms with Crippen molar-refractivity contribution in [1.82, 2.24) is 15.6 Å². The second-order valence-electron chi connectivity index (χ2n) is 6.74. The number of nitrogens with one attached hydrogen (secondary N) is 2. The van der Waals surface area contributed by atoms with Crippen molar-refractivity contribution < 1.29 is 9.47 Å². The first kappa shape index (κ1) is 21.4. The van der Waals surface area contributed by atoms with Crippen LogP contribution in [0.4, 0.5) is 0 Å². The monoisotopic (exact) mass is 406 g/mol. The maximum atomic E-state index is 5.71. The van der Waals surface area contributed by atoms with E-state index < -0.39 is 0 Å². The minimum absolute atomic E-state index is 0.613. The molecule has 0 unspecified atom stereocenters. The molecular formula is C24H30N4O2. The van der Waals surface area contributed by atoms with E-state index in [0.29, 0.717) is 19.8 Å². The van der Waals surface area contributed by atoms with Crippen LogP contribution >= 0.6 is 0 Å². The molecule has 0 aliphatic rings. The number of nitrogens with zero attached hydrogens (tertiary/aromatic N) is 2. The highest BCUT2D eigenvalue weighted by Crippen LogP contribution is 2.28. The molecule has 6 nitrogen and oxygen atoms in total. The predicted molar refractivity (Wildman–Crippen MR) is 122 cm³/mol. The number of benzene rings is 2. The number of pyridine rings is 1. The topological polar surface area (TPSA) is 67.8 Å². The number of aliphatic imine (C=N–C) groups is 1. The fraction of sp³-hybridized carbons (Fsp3) is 0.333. The van der Waals surface area contributed by atoms with Gasteiger partial charge in [0.1, 0.15) is 0 Å². The van der Waals surface area contributed by atoms with Gasteiger partial charge in [0.2, 0.25) is 0 Å². The third-order valence-corrected chi connectivity index (χ3v) is 4.72. The SMILES string of the molecule is CCOc1ccc(CCNC(=NC)NCc2ccnc3ccccc23)cc1OCC. The Hall–Kier alpha value is -3.28. The van der Waals surface area contributed by atoms with Crippen molar-refractivity contribution >= 4 is 16.9 Å². The average molecular weight is 407 g/mol. The van der Waals surface area contributed by atoms with Crippen LogP contribution in [0.5, 0.6) is 11.5 Å². The summed E-state index contributed by atoms with van der Waals surface area (Å²) < 4.78 is 11.3. The van der Waals surface area contributed by atoms with Gasteiger partial charge in [-0.05, 0) is 55.7 Å². The molecule has 3 aromatic rings. The largest absolute Gasteiger partial charge is 0.490 e. The van der Waals surface area contributed by atoms with Gasteiger partial charge >= 0.3 is 0 Å². The molecule has 0 aliphatic carbocycles. The molecule has 0 bridgehead atoms. The Morgan fingerprint density at radius 2 is 1.77 bits per heavy atom. The lowest BCUT2D eigenvalue weighted by Gasteiger charge is -2.14. The standard InChI is InChI=1S/C24H30N4O2/c1-4-29-22-11-10-18(16-23(22)30-5-2)12-14-27-24(25-3)28-17-19-13-15-26-21-9-7-6-8-20(19)21/h6-11,13,15-16H,4-5,12,14,17H2,1-3H3,(H2,25,27,28). The van der Waals surface area contributed by atoms with E-state index in [9.17, 15) is 0 Å². The fourth-order valence-electron chi connectivity index (χ4n) is 3.29. The van der Waals surface area contributed by atoms with Crippen molar-refractivity contribution in [2.75, 3.05) is 26.8 Å². The number of para-hydroxylation sites is 1. The van der Waals surface area contributed by atoms with Gasteiger partial charge in [0, 0.05) is 31.7 Å². The zero-order valence-corrected chi connectivity index (χ0v) is 17.9. The molecule has 0 aliphatic heterocycles. The summed E-state index contributed by atoms with van der Waals surface area (Å²) in [5, 5.41) is 7.92. The lowest BCUT2D eigenvalue weighted by atomic mass is 10.1. The van der Waals surface area contributed by atoms with Gasteiger partial charge in [-0.25, -0.2) is 0 Å². The Balaban J connectivity index is 1.55. The van der Waals surface area contributed by atoms with E-state index in [4.69, 9.17) is 9.47 Å². The van der Waals surface area contributed by atoms with Crippen molar-refractivity contribution in [1.29, 1.82) is 0 Å². The number of fused-ring (bicyclic) bond motifs is 1. The van der Waals surface area contributed by atoms with Crippen molar-refractivity contribution in [3.63, 3.8) is 0 Å². The van der Waals surface area contributed by atoms with Crippen LogP contribution < -0.4 is 20.1 Å². The highest BCUT2D eigenvalue weighted by molar-refractivity contribution is 5.83. The normalized spacial score (nSPS) is 11.4. The summed E-state index contributed by atoms with van der Waals surface area (Å²) >= 11 is 0. The van der Waals surface area contributed by atoms with Gasteiger partial charge in [-0.1, -0.05) is 24.3 Å². The van der Waals surface area contributed by atoms with Crippen LogP contribution in [-0.2, 0) is 13.0 Å². The summed E-state index contributed by atoms with van der Waals surface area (Å²) in [6.07, 6.45) is 2.70. The number of hydrogen-bond acceptors (Lipinski definition) is 4. The van der Waals surface area contributed by atoms with Crippen molar-refractivity contribution in [3.05, 3.63) is 65.9 Å². The molecule has 1 heterocycles. The molecule has 0 atom stereocenters. The third kappa shape index (κ3) is 5.63. The van der Waals surface area contributed by atoms with E-state index >= 15 is 0 Å². The molecule has 2 N–H and O–H groups in total. The molecule has 0 saturated carbocycles. The second kappa shape index (κ2) is 11.0. The van der Waals surface area contributed by atoms with Crippen molar-refractivity contribution in [2.45, 2.75) is 26.8 Å². The average Bonchev–Trinajstić information content (AvgIpc) is 2.78. The molecule has 0 spiro atoms. The van der Waals surface area contributed by atoms with Gasteiger partial charge in [-0.15, -0.1) is 0 Å². The lowest BCUT2D eigenvalue weighted by Crippen LogP contribution is -2.37. The maximum absolute atomic E-state index is 5.71. The van der Waals surface area contributed by atoms with Crippen LogP contribution in [0.25, 0.3) is 10.9 Å². The van der Waals surface area contributed by atoms with E-state index in [1.165, 1.54) is 11.1 Å². The van der Waals surface area contributed by atoms with Gasteiger partial charge in [-0.2, -0.15) is 0 Å². The highest BCUT2D eigenvalue weighted by Gasteiger charge is 2.07. The molecule has 3 rings (SSSR count). The molecule has 0 saturated heterocycles. The molecule has 2 aromatic carbocycles. The minimum Gasteiger partial charge on any atom is -0.490 e. The molecule has 158 valence electrons. The van der Waals surface area contributed by atoms with Crippen LogP contribution in [0.3, 0.4) is 0 Å². The number of aromatic nitrogens is 1. The summed E-state index contributed by atoms with van der Waals surface area (Å²) in [5.74, 6) is 2.36. The van der Waals surface area contributed by atoms with E-state index in [1.54, 1.807) is 7.05 Å². The molecule has 0 amide bonds. The van der Waals surface area contributed by atoms with Gasteiger partial charge in [-0.3, -0.25) is 9.98 Å². The predicted octanol–water partition coefficient (Wildman–Crippen LogP) is 3.94. The van der Waals surface area contributed by atoms with Crippen molar-refractivity contribution in [2.24, 2.45) is 4.99 Å². The van der Waals surface area contributed by atoms with Crippen LogP contribution in [0, 0.1) is 0 Å². The van der Waals surface area contributed by atoms with Gasteiger partial charge < -0.3 is 20.1 Å². The van der Waals surface area contributed by atoms with E-state index in [0.717, 1.165) is 41.3 Å². The number of ether oxygens (including phenoxy) is 2. The molecular weight excluding hydrogens is 376 g/mol. The summed E-state index contributed by atoms with van der Waals surface area (Å²) in [7, 11) is 1.78. The Morgan fingerprint density at radius 1 is 0.967 bits per heavy atom. The Labute approximate surface area is 178 Å². The Bertz CT molecular complexity index is 983. The Kier molecular flexibility index (Phi) is 7.89. The molecule has 6 heteroatoms. The van der Waals surface area contributed by atoms with E-state index in [2.05, 4.69) is 38.8 Å². The van der Waals surface area contributed by atoms with Crippen LogP contribution in [0.15, 0.2) is 59.7 Å². The molecule has 30 heavy (non-hydrogen) atoms. The number of guanidine groups is 1. The quantitative estimate of drug-likeness (QED) is 0.416. The summed E-state index contributed by atoms with van der Waals surface area (Å²) in [6.45, 7) is 6.63. The van der Waals surface area contributed by atoms with E-state index in [-0.39, 0.29) is 0 Å². The molecule has 0 radical (unpaired) electrons. The third-order valence-electron chi connectivity index (χ3n) is 4.72. The first-order valence-electron chi connectivity index (χ1n) is 10.4. The summed E-state index contributed by atoms with van der Waals surface area (Å²) in [6, 6.07) is 16.3. The number of rotatable bonds is 9. The van der Waals surface area contributed by atoms with Gasteiger partial charge in [0.25, 0.3) is 0 Å². The van der Waals surface area contributed by atoms with E-state index in [1.807, 2.05) is 50.4 Å².